The molecule has 0 radical (unpaired) electrons. The summed E-state index contributed by atoms with van der Waals surface area (Å²) in [5.74, 6) is -1.22. The van der Waals surface area contributed by atoms with Gasteiger partial charge < -0.3 is 19.8 Å². The summed E-state index contributed by atoms with van der Waals surface area (Å²) in [4.78, 5) is 49.0. The van der Waals surface area contributed by atoms with Crippen LogP contribution in [0.2, 0.25) is 0 Å². The van der Waals surface area contributed by atoms with Crippen LogP contribution in [0.3, 0.4) is 0 Å². The molecule has 3 saturated heterocycles. The number of anilines is 1. The zero-order valence-electron chi connectivity index (χ0n) is 25.3. The molecule has 1 aromatic carbocycles. The number of benzene rings is 1. The van der Waals surface area contributed by atoms with Crippen LogP contribution in [-0.2, 0) is 14.4 Å². The second-order valence-electron chi connectivity index (χ2n) is 11.9. The van der Waals surface area contributed by atoms with Crippen molar-refractivity contribution in [2.24, 2.45) is 11.8 Å². The Morgan fingerprint density at radius 3 is 2.40 bits per heavy atom. The standard InChI is InChI=1S/C33H46BrN3O4S/c1-6-16-35(17-7-2)30(39)25-26-31(40)37(19-11-9-10-12-20-38)29(33(26)21-24(34)28(25)42-33)32(41)36(18-8-3)27-22(4)14-13-15-23(27)5/h6,8,13-15,24-26,28-29,38H,1,3,7,9-12,16-21H2,2,4-5H3/t24?,25-,26+,28-,29?,33?/m1/s1. The minimum absolute atomic E-state index is 0.00712. The number of nitrogens with zero attached hydrogens (tertiary/aromatic N) is 3. The average molecular weight is 661 g/mol. The predicted molar refractivity (Wildman–Crippen MR) is 175 cm³/mol. The number of para-hydroxylation sites is 1. The fourth-order valence-electron chi connectivity index (χ4n) is 7.41. The molecule has 1 N–H and O–H groups in total. The Labute approximate surface area is 263 Å². The van der Waals surface area contributed by atoms with Crippen LogP contribution >= 0.6 is 27.7 Å². The van der Waals surface area contributed by atoms with Gasteiger partial charge >= 0.3 is 0 Å². The first-order chi connectivity index (χ1) is 20.2. The van der Waals surface area contributed by atoms with E-state index in [1.54, 1.807) is 28.8 Å². The minimum Gasteiger partial charge on any atom is -0.396 e. The van der Waals surface area contributed by atoms with Gasteiger partial charge in [-0.1, -0.05) is 66.0 Å². The molecule has 9 heteroatoms. The van der Waals surface area contributed by atoms with Crippen LogP contribution in [0.25, 0.3) is 0 Å². The number of carbonyl (C=O) groups excluding carboxylic acids is 3. The van der Waals surface area contributed by atoms with Gasteiger partial charge in [-0.25, -0.2) is 0 Å². The lowest BCUT2D eigenvalue weighted by Gasteiger charge is -2.39. The van der Waals surface area contributed by atoms with Crippen LogP contribution in [0.15, 0.2) is 43.5 Å². The summed E-state index contributed by atoms with van der Waals surface area (Å²) in [5, 5.41) is 9.16. The first kappa shape index (κ1) is 32.8. The number of hydrogen-bond acceptors (Lipinski definition) is 5. The molecule has 6 atom stereocenters. The summed E-state index contributed by atoms with van der Waals surface area (Å²) in [6.45, 7) is 15.9. The maximum Gasteiger partial charge on any atom is 0.251 e. The average Bonchev–Trinajstić information content (AvgIpc) is 3.54. The highest BCUT2D eigenvalue weighted by Gasteiger charge is 2.76. The Balaban J connectivity index is 1.78. The van der Waals surface area contributed by atoms with E-state index in [4.69, 9.17) is 0 Å². The Bertz CT molecular complexity index is 1170. The summed E-state index contributed by atoms with van der Waals surface area (Å²) in [7, 11) is 0. The third-order valence-electron chi connectivity index (χ3n) is 9.06. The Hall–Kier alpha value is -2.10. The van der Waals surface area contributed by atoms with Gasteiger partial charge in [0.1, 0.15) is 6.04 Å². The van der Waals surface area contributed by atoms with Crippen molar-refractivity contribution in [1.29, 1.82) is 0 Å². The van der Waals surface area contributed by atoms with Gasteiger partial charge in [-0.15, -0.1) is 24.9 Å². The molecule has 42 heavy (non-hydrogen) atoms. The van der Waals surface area contributed by atoms with E-state index in [2.05, 4.69) is 29.1 Å². The number of alkyl halides is 1. The van der Waals surface area contributed by atoms with Gasteiger partial charge in [0.2, 0.25) is 11.8 Å². The molecule has 3 unspecified atom stereocenters. The number of amides is 3. The highest BCUT2D eigenvalue weighted by atomic mass is 79.9. The summed E-state index contributed by atoms with van der Waals surface area (Å²) in [5.41, 5.74) is 2.85. The topological polar surface area (TPSA) is 81.2 Å². The van der Waals surface area contributed by atoms with Crippen molar-refractivity contribution in [3.8, 4) is 0 Å². The smallest absolute Gasteiger partial charge is 0.251 e. The molecule has 1 spiro atoms. The third-order valence-corrected chi connectivity index (χ3v) is 12.3. The number of likely N-dealkylation sites (tertiary alicyclic amines) is 1. The zero-order valence-corrected chi connectivity index (χ0v) is 27.7. The van der Waals surface area contributed by atoms with E-state index >= 15 is 0 Å². The number of hydrogen-bond donors (Lipinski definition) is 1. The zero-order chi connectivity index (χ0) is 30.6. The molecule has 3 amide bonds. The van der Waals surface area contributed by atoms with Crippen molar-refractivity contribution < 1.29 is 19.5 Å². The van der Waals surface area contributed by atoms with Crippen molar-refractivity contribution in [3.63, 3.8) is 0 Å². The Morgan fingerprint density at radius 1 is 1.12 bits per heavy atom. The lowest BCUT2D eigenvalue weighted by atomic mass is 9.70. The molecule has 3 heterocycles. The van der Waals surface area contributed by atoms with Gasteiger partial charge in [-0.3, -0.25) is 14.4 Å². The predicted octanol–water partition coefficient (Wildman–Crippen LogP) is 5.26. The van der Waals surface area contributed by atoms with Crippen LogP contribution in [0.1, 0.15) is 56.6 Å². The number of rotatable bonds is 15. The number of unbranched alkanes of at least 4 members (excludes halogenated alkanes) is 3. The van der Waals surface area contributed by atoms with Gasteiger partial charge in [0.05, 0.1) is 16.6 Å². The van der Waals surface area contributed by atoms with Crippen molar-refractivity contribution in [3.05, 3.63) is 54.6 Å². The highest BCUT2D eigenvalue weighted by molar-refractivity contribution is 9.09. The molecule has 1 aromatic rings. The second-order valence-corrected chi connectivity index (χ2v) is 14.6. The van der Waals surface area contributed by atoms with E-state index in [0.717, 1.165) is 48.9 Å². The highest BCUT2D eigenvalue weighted by Crippen LogP contribution is 2.68. The number of halogens is 1. The quantitative estimate of drug-likeness (QED) is 0.158. The number of fused-ring (bicyclic) bond motifs is 1. The fraction of sp³-hybridized carbons (Fsp3) is 0.606. The molecule has 0 aliphatic carbocycles. The Morgan fingerprint density at radius 2 is 1.79 bits per heavy atom. The first-order valence-corrected chi connectivity index (χ1v) is 17.1. The fourth-order valence-corrected chi connectivity index (χ4v) is 11.0. The van der Waals surface area contributed by atoms with Crippen molar-refractivity contribution in [1.82, 2.24) is 9.80 Å². The summed E-state index contributed by atoms with van der Waals surface area (Å²) in [6.07, 6.45) is 8.15. The normalized spacial score (nSPS) is 27.7. The van der Waals surface area contributed by atoms with Gasteiger partial charge in [-0.2, -0.15) is 0 Å². The molecule has 3 fully saturated rings. The van der Waals surface area contributed by atoms with Crippen molar-refractivity contribution in [2.45, 2.75) is 80.2 Å². The number of thioether (sulfide) groups is 1. The van der Waals surface area contributed by atoms with Crippen LogP contribution in [0.5, 0.6) is 0 Å². The summed E-state index contributed by atoms with van der Waals surface area (Å²) in [6, 6.07) is 5.32. The van der Waals surface area contributed by atoms with E-state index in [1.807, 2.05) is 48.8 Å². The molecule has 0 saturated carbocycles. The SMILES string of the molecule is C=CCN(CCC)C(=O)[C@H]1[C@@H]2SC3(CC2Br)C(C(=O)N(CC=C)c2c(C)cccc2C)N(CCCCCCO)C(=O)[C@H]13. The molecular formula is C33H46BrN3O4S. The van der Waals surface area contributed by atoms with Crippen LogP contribution < -0.4 is 4.90 Å². The lowest BCUT2D eigenvalue weighted by molar-refractivity contribution is -0.143. The minimum atomic E-state index is -0.694. The van der Waals surface area contributed by atoms with Crippen molar-refractivity contribution >= 4 is 51.1 Å². The van der Waals surface area contributed by atoms with Gasteiger partial charge in [-0.05, 0) is 50.7 Å². The maximum atomic E-state index is 14.9. The van der Waals surface area contributed by atoms with Gasteiger partial charge in [0, 0.05) is 48.6 Å². The van der Waals surface area contributed by atoms with E-state index in [0.29, 0.717) is 32.6 Å². The van der Waals surface area contributed by atoms with Crippen molar-refractivity contribution in [2.75, 3.05) is 37.7 Å². The molecule has 3 aliphatic heterocycles. The lowest BCUT2D eigenvalue weighted by Crippen LogP contribution is -2.56. The number of aliphatic hydroxyl groups is 1. The number of aryl methyl sites for hydroxylation is 2. The first-order valence-electron chi connectivity index (χ1n) is 15.3. The maximum absolute atomic E-state index is 14.9. The number of aliphatic hydroxyl groups excluding tert-OH is 1. The second kappa shape index (κ2) is 14.1. The van der Waals surface area contributed by atoms with Crippen LogP contribution in [0, 0.1) is 25.7 Å². The van der Waals surface area contributed by atoms with E-state index < -0.39 is 22.6 Å². The van der Waals surface area contributed by atoms with E-state index in [-0.39, 0.29) is 34.4 Å². The molecule has 230 valence electrons. The number of carbonyl (C=O) groups is 3. The molecule has 4 rings (SSSR count). The third kappa shape index (κ3) is 5.85. The largest absolute Gasteiger partial charge is 0.396 e. The molecule has 0 aromatic heterocycles. The van der Waals surface area contributed by atoms with Crippen LogP contribution in [0.4, 0.5) is 5.69 Å². The summed E-state index contributed by atoms with van der Waals surface area (Å²) < 4.78 is -0.694. The van der Waals surface area contributed by atoms with Crippen LogP contribution in [-0.4, -0.2) is 86.3 Å². The van der Waals surface area contributed by atoms with E-state index in [1.165, 1.54) is 0 Å². The van der Waals surface area contributed by atoms with Gasteiger partial charge in [0.25, 0.3) is 5.91 Å². The van der Waals surface area contributed by atoms with Gasteiger partial charge in [0.15, 0.2) is 0 Å². The molecule has 2 bridgehead atoms. The summed E-state index contributed by atoms with van der Waals surface area (Å²) >= 11 is 5.58. The molecule has 3 aliphatic rings. The Kier molecular flexibility index (Phi) is 11.0. The molecule has 7 nitrogen and oxygen atoms in total. The van der Waals surface area contributed by atoms with E-state index in [9.17, 15) is 19.5 Å². The molecular weight excluding hydrogens is 614 g/mol. The monoisotopic (exact) mass is 659 g/mol.